The largest absolute Gasteiger partial charge is 0.486 e. The van der Waals surface area contributed by atoms with Crippen molar-refractivity contribution in [3.63, 3.8) is 0 Å². The van der Waals surface area contributed by atoms with Gasteiger partial charge in [0.15, 0.2) is 16.6 Å². The Morgan fingerprint density at radius 2 is 1.96 bits per heavy atom. The lowest BCUT2D eigenvalue weighted by Crippen LogP contribution is -2.43. The van der Waals surface area contributed by atoms with Gasteiger partial charge in [-0.3, -0.25) is 5.32 Å². The van der Waals surface area contributed by atoms with Crippen molar-refractivity contribution in [2.75, 3.05) is 18.5 Å². The average molecular weight is 333 g/mol. The van der Waals surface area contributed by atoms with Crippen LogP contribution in [0.4, 0.5) is 9.93 Å². The number of rotatable bonds is 2. The van der Waals surface area contributed by atoms with Gasteiger partial charge in [-0.05, 0) is 39.0 Å². The maximum atomic E-state index is 11.9. The van der Waals surface area contributed by atoms with Crippen molar-refractivity contribution in [2.45, 2.75) is 26.3 Å². The summed E-state index contributed by atoms with van der Waals surface area (Å²) >= 11 is 1.38. The zero-order valence-corrected chi connectivity index (χ0v) is 14.1. The van der Waals surface area contributed by atoms with E-state index in [-0.39, 0.29) is 11.6 Å². The van der Waals surface area contributed by atoms with Crippen molar-refractivity contribution in [2.24, 2.45) is 0 Å². The second-order valence-corrected chi connectivity index (χ2v) is 7.08. The molecule has 1 aliphatic rings. The lowest BCUT2D eigenvalue weighted by Gasteiger charge is -2.20. The highest BCUT2D eigenvalue weighted by atomic mass is 32.1. The van der Waals surface area contributed by atoms with Gasteiger partial charge < -0.3 is 14.8 Å². The first-order valence-electron chi connectivity index (χ1n) is 7.35. The minimum Gasteiger partial charge on any atom is -0.486 e. The fourth-order valence-corrected chi connectivity index (χ4v) is 2.85. The Labute approximate surface area is 138 Å². The molecule has 2 heterocycles. The standard InChI is InChI=1S/C16H19N3O3S/c1-16(2,3)19-14(20)18-15-17-11(9-23-15)10-4-5-12-13(8-10)22-7-6-21-12/h4-5,8-9H,6-7H2,1-3H3,(H2,17,18,19,20). The minimum atomic E-state index is -0.292. The maximum absolute atomic E-state index is 11.9. The van der Waals surface area contributed by atoms with Crippen LogP contribution in [0.5, 0.6) is 11.5 Å². The van der Waals surface area contributed by atoms with Gasteiger partial charge in [0.05, 0.1) is 5.69 Å². The number of nitrogens with one attached hydrogen (secondary N) is 2. The third kappa shape index (κ3) is 3.92. The number of anilines is 1. The van der Waals surface area contributed by atoms with E-state index < -0.39 is 0 Å². The summed E-state index contributed by atoms with van der Waals surface area (Å²) in [6.07, 6.45) is 0. The number of nitrogens with zero attached hydrogens (tertiary/aromatic N) is 1. The van der Waals surface area contributed by atoms with Crippen LogP contribution in [-0.2, 0) is 0 Å². The summed E-state index contributed by atoms with van der Waals surface area (Å²) in [4.78, 5) is 16.3. The number of urea groups is 1. The first-order chi connectivity index (χ1) is 10.9. The molecule has 1 aromatic heterocycles. The number of thiazole rings is 1. The second-order valence-electron chi connectivity index (χ2n) is 6.23. The van der Waals surface area contributed by atoms with Gasteiger partial charge in [0.1, 0.15) is 13.2 Å². The molecule has 2 N–H and O–H groups in total. The highest BCUT2D eigenvalue weighted by molar-refractivity contribution is 7.14. The van der Waals surface area contributed by atoms with Gasteiger partial charge in [0, 0.05) is 16.5 Å². The summed E-state index contributed by atoms with van der Waals surface area (Å²) in [6, 6.07) is 5.45. The zero-order valence-electron chi connectivity index (χ0n) is 13.3. The number of hydrogen-bond donors (Lipinski definition) is 2. The lowest BCUT2D eigenvalue weighted by molar-refractivity contribution is 0.171. The van der Waals surface area contributed by atoms with Crippen LogP contribution in [0.25, 0.3) is 11.3 Å². The van der Waals surface area contributed by atoms with E-state index in [9.17, 15) is 4.79 Å². The highest BCUT2D eigenvalue weighted by Gasteiger charge is 2.16. The van der Waals surface area contributed by atoms with E-state index in [0.29, 0.717) is 18.3 Å². The van der Waals surface area contributed by atoms with Gasteiger partial charge in [-0.25, -0.2) is 9.78 Å². The Hall–Kier alpha value is -2.28. The predicted octanol–water partition coefficient (Wildman–Crippen LogP) is 3.50. The fraction of sp³-hybridized carbons (Fsp3) is 0.375. The summed E-state index contributed by atoms with van der Waals surface area (Å²) in [5.41, 5.74) is 1.42. The third-order valence-corrected chi connectivity index (χ3v) is 3.81. The minimum absolute atomic E-state index is 0.263. The first kappa shape index (κ1) is 15.6. The molecule has 3 rings (SSSR count). The van der Waals surface area contributed by atoms with E-state index in [2.05, 4.69) is 15.6 Å². The zero-order chi connectivity index (χ0) is 16.4. The number of ether oxygens (including phenoxy) is 2. The second kappa shape index (κ2) is 6.08. The average Bonchev–Trinajstić information content (AvgIpc) is 2.93. The van der Waals surface area contributed by atoms with E-state index in [1.165, 1.54) is 11.3 Å². The Morgan fingerprint density at radius 3 is 2.70 bits per heavy atom. The van der Waals surface area contributed by atoms with Crippen molar-refractivity contribution >= 4 is 22.5 Å². The van der Waals surface area contributed by atoms with Crippen LogP contribution in [0.15, 0.2) is 23.6 Å². The molecule has 0 atom stereocenters. The molecule has 1 aliphatic heterocycles. The van der Waals surface area contributed by atoms with Gasteiger partial charge in [-0.2, -0.15) is 0 Å². The van der Waals surface area contributed by atoms with Crippen LogP contribution < -0.4 is 20.1 Å². The van der Waals surface area contributed by atoms with Crippen LogP contribution >= 0.6 is 11.3 Å². The number of carbonyl (C=O) groups excluding carboxylic acids is 1. The molecule has 2 amide bonds. The van der Waals surface area contributed by atoms with E-state index in [0.717, 1.165) is 22.8 Å². The Balaban J connectivity index is 1.73. The quantitative estimate of drug-likeness (QED) is 0.882. The topological polar surface area (TPSA) is 72.5 Å². The van der Waals surface area contributed by atoms with Crippen molar-refractivity contribution in [1.29, 1.82) is 0 Å². The Bertz CT molecular complexity index is 722. The van der Waals surface area contributed by atoms with E-state index in [4.69, 9.17) is 9.47 Å². The van der Waals surface area contributed by atoms with Gasteiger partial charge in [-0.1, -0.05) is 0 Å². The van der Waals surface area contributed by atoms with Crippen LogP contribution in [0.2, 0.25) is 0 Å². The number of benzene rings is 1. The van der Waals surface area contributed by atoms with Crippen molar-refractivity contribution < 1.29 is 14.3 Å². The molecule has 6 nitrogen and oxygen atoms in total. The molecule has 0 aliphatic carbocycles. The van der Waals surface area contributed by atoms with E-state index in [1.807, 2.05) is 44.4 Å². The predicted molar refractivity (Wildman–Crippen MR) is 90.4 cm³/mol. The molecule has 2 aromatic rings. The monoisotopic (exact) mass is 333 g/mol. The Morgan fingerprint density at radius 1 is 1.22 bits per heavy atom. The summed E-state index contributed by atoms with van der Waals surface area (Å²) in [6.45, 7) is 6.90. The normalized spacial score (nSPS) is 13.5. The summed E-state index contributed by atoms with van der Waals surface area (Å²) in [5.74, 6) is 1.47. The number of amides is 2. The number of hydrogen-bond acceptors (Lipinski definition) is 5. The van der Waals surface area contributed by atoms with Crippen LogP contribution in [-0.4, -0.2) is 29.8 Å². The molecule has 0 radical (unpaired) electrons. The molecule has 0 saturated carbocycles. The molecule has 0 fully saturated rings. The summed E-state index contributed by atoms with van der Waals surface area (Å²) < 4.78 is 11.1. The van der Waals surface area contributed by atoms with Crippen molar-refractivity contribution in [3.05, 3.63) is 23.6 Å². The molecule has 1 aromatic carbocycles. The number of carbonyl (C=O) groups is 1. The van der Waals surface area contributed by atoms with Crippen LogP contribution in [0.1, 0.15) is 20.8 Å². The molecule has 0 saturated heterocycles. The SMILES string of the molecule is CC(C)(C)NC(=O)Nc1nc(-c2ccc3c(c2)OCCO3)cs1. The van der Waals surface area contributed by atoms with Crippen molar-refractivity contribution in [1.82, 2.24) is 10.3 Å². The Kier molecular flexibility index (Phi) is 4.12. The molecular weight excluding hydrogens is 314 g/mol. The molecule has 23 heavy (non-hydrogen) atoms. The van der Waals surface area contributed by atoms with Crippen LogP contribution in [0.3, 0.4) is 0 Å². The van der Waals surface area contributed by atoms with E-state index >= 15 is 0 Å². The number of fused-ring (bicyclic) bond motifs is 1. The van der Waals surface area contributed by atoms with E-state index in [1.54, 1.807) is 0 Å². The lowest BCUT2D eigenvalue weighted by atomic mass is 10.1. The van der Waals surface area contributed by atoms with Gasteiger partial charge in [-0.15, -0.1) is 11.3 Å². The molecule has 122 valence electrons. The smallest absolute Gasteiger partial charge is 0.321 e. The summed E-state index contributed by atoms with van der Waals surface area (Å²) in [7, 11) is 0. The first-order valence-corrected chi connectivity index (χ1v) is 8.23. The number of aromatic nitrogens is 1. The molecule has 7 heteroatoms. The van der Waals surface area contributed by atoms with Crippen LogP contribution in [0, 0.1) is 0 Å². The molecular formula is C16H19N3O3S. The maximum Gasteiger partial charge on any atom is 0.321 e. The van der Waals surface area contributed by atoms with Gasteiger partial charge >= 0.3 is 6.03 Å². The van der Waals surface area contributed by atoms with Crippen molar-refractivity contribution in [3.8, 4) is 22.8 Å². The third-order valence-electron chi connectivity index (χ3n) is 3.05. The highest BCUT2D eigenvalue weighted by Crippen LogP contribution is 2.35. The molecule has 0 spiro atoms. The summed E-state index contributed by atoms with van der Waals surface area (Å²) in [5, 5.41) is 8.04. The van der Waals surface area contributed by atoms with Gasteiger partial charge in [0.25, 0.3) is 0 Å². The molecule has 0 unspecified atom stereocenters. The van der Waals surface area contributed by atoms with Gasteiger partial charge in [0.2, 0.25) is 0 Å². The fourth-order valence-electron chi connectivity index (χ4n) is 2.14. The molecule has 0 bridgehead atoms.